The number of carbonyl (C=O) groups is 1. The molecule has 0 saturated carbocycles. The molecule has 1 N–H and O–H groups in total. The van der Waals surface area contributed by atoms with E-state index in [1.165, 1.54) is 22.3 Å². The summed E-state index contributed by atoms with van der Waals surface area (Å²) in [5.74, 6) is -0.279. The first-order chi connectivity index (χ1) is 9.26. The van der Waals surface area contributed by atoms with Gasteiger partial charge in [0.05, 0.1) is 0 Å². The number of nitrogens with one attached hydrogen (secondary N) is 1. The van der Waals surface area contributed by atoms with Crippen molar-refractivity contribution in [2.24, 2.45) is 0 Å². The lowest BCUT2D eigenvalue weighted by Gasteiger charge is -1.98. The smallest absolute Gasteiger partial charge is 0.253 e. The molecule has 0 heterocycles. The van der Waals surface area contributed by atoms with Crippen molar-refractivity contribution in [2.45, 2.75) is 6.42 Å². The first-order valence-electron chi connectivity index (χ1n) is 5.99. The Bertz CT molecular complexity index is 564. The lowest BCUT2D eigenvalue weighted by atomic mass is 10.1. The third-order valence-corrected chi connectivity index (χ3v) is 3.22. The minimum atomic E-state index is -0.279. The van der Waals surface area contributed by atoms with Crippen LogP contribution in [0, 0.1) is 0 Å². The highest BCUT2D eigenvalue weighted by molar-refractivity contribution is 7.78. The summed E-state index contributed by atoms with van der Waals surface area (Å²) in [7, 11) is 0. The molecule has 1 aliphatic carbocycles. The highest BCUT2D eigenvalue weighted by atomic mass is 32.1. The molecule has 1 aliphatic rings. The van der Waals surface area contributed by atoms with Crippen LogP contribution < -0.4 is 4.72 Å². The fraction of sp³-hybridized carbons (Fsp3) is 0.0625. The van der Waals surface area contributed by atoms with Gasteiger partial charge in [-0.3, -0.25) is 9.52 Å². The van der Waals surface area contributed by atoms with E-state index < -0.39 is 0 Å². The van der Waals surface area contributed by atoms with Gasteiger partial charge in [0.15, 0.2) is 0 Å². The van der Waals surface area contributed by atoms with Crippen molar-refractivity contribution in [3.05, 3.63) is 72.3 Å². The average Bonchev–Trinajstić information content (AvgIpc) is 2.85. The van der Waals surface area contributed by atoms with Gasteiger partial charge in [0.2, 0.25) is 0 Å². The van der Waals surface area contributed by atoms with Crippen LogP contribution >= 0.6 is 12.8 Å². The van der Waals surface area contributed by atoms with Gasteiger partial charge in [-0.25, -0.2) is 0 Å². The van der Waals surface area contributed by atoms with Gasteiger partial charge >= 0.3 is 0 Å². The van der Waals surface area contributed by atoms with E-state index in [1.54, 1.807) is 0 Å². The molecule has 19 heavy (non-hydrogen) atoms. The van der Waals surface area contributed by atoms with Crippen LogP contribution in [0.5, 0.6) is 0 Å². The predicted octanol–water partition coefficient (Wildman–Crippen LogP) is 3.39. The van der Waals surface area contributed by atoms with Gasteiger partial charge in [0, 0.05) is 0 Å². The number of hydrogen-bond donors (Lipinski definition) is 2. The van der Waals surface area contributed by atoms with Crippen LogP contribution in [0.25, 0.3) is 11.1 Å². The Hall–Kier alpha value is -2.00. The zero-order valence-electron chi connectivity index (χ0n) is 10.5. The van der Waals surface area contributed by atoms with Gasteiger partial charge in [-0.1, -0.05) is 67.9 Å². The van der Waals surface area contributed by atoms with E-state index in [1.807, 2.05) is 0 Å². The Labute approximate surface area is 118 Å². The van der Waals surface area contributed by atoms with Gasteiger partial charge in [-0.2, -0.15) is 0 Å². The molecule has 96 valence electrons. The second-order valence-corrected chi connectivity index (χ2v) is 4.39. The quantitative estimate of drug-likeness (QED) is 0.514. The minimum Gasteiger partial charge on any atom is -0.299 e. The van der Waals surface area contributed by atoms with E-state index >= 15 is 0 Å². The molecular weight excluding hydrogens is 254 g/mol. The molecule has 2 aromatic carbocycles. The molecule has 0 fully saturated rings. The van der Waals surface area contributed by atoms with E-state index in [4.69, 9.17) is 0 Å². The second kappa shape index (κ2) is 6.25. The molecule has 0 atom stereocenters. The van der Waals surface area contributed by atoms with Crippen LogP contribution in [-0.2, 0) is 11.2 Å². The summed E-state index contributed by atoms with van der Waals surface area (Å²) < 4.78 is 2.05. The molecule has 0 saturated heterocycles. The highest BCUT2D eigenvalue weighted by Crippen LogP contribution is 2.35. The standard InChI is InChI=1S/C13H10.C3H5NOS/c1-3-7-12-10(5-1)9-11-6-2-4-8-13(11)12;1-2-3(5)4-6/h1-8H,9H2;2,6H,1H2,(H,4,5). The number of carbonyl (C=O) groups excluding carboxylic acids is 1. The number of thiol groups is 1. The summed E-state index contributed by atoms with van der Waals surface area (Å²) in [6.45, 7) is 3.17. The first kappa shape index (κ1) is 13.4. The summed E-state index contributed by atoms with van der Waals surface area (Å²) >= 11 is 3.42. The minimum absolute atomic E-state index is 0.279. The van der Waals surface area contributed by atoms with E-state index in [2.05, 4.69) is 72.6 Å². The van der Waals surface area contributed by atoms with E-state index in [0.29, 0.717) is 0 Å². The van der Waals surface area contributed by atoms with E-state index in [-0.39, 0.29) is 5.91 Å². The molecule has 3 rings (SSSR count). The largest absolute Gasteiger partial charge is 0.299 e. The van der Waals surface area contributed by atoms with Crippen LogP contribution in [-0.4, -0.2) is 5.91 Å². The third-order valence-electron chi connectivity index (χ3n) is 3.00. The number of amides is 1. The van der Waals surface area contributed by atoms with Crippen molar-refractivity contribution in [1.29, 1.82) is 0 Å². The Morgan fingerprint density at radius 1 is 1.05 bits per heavy atom. The van der Waals surface area contributed by atoms with Crippen molar-refractivity contribution in [1.82, 2.24) is 4.72 Å². The Morgan fingerprint density at radius 2 is 1.53 bits per heavy atom. The van der Waals surface area contributed by atoms with Gasteiger partial charge in [-0.05, 0) is 34.8 Å². The molecule has 0 aliphatic heterocycles. The first-order valence-corrected chi connectivity index (χ1v) is 6.43. The average molecular weight is 269 g/mol. The summed E-state index contributed by atoms with van der Waals surface area (Å²) in [5.41, 5.74) is 5.75. The zero-order chi connectivity index (χ0) is 13.7. The Morgan fingerprint density at radius 3 is 1.89 bits per heavy atom. The number of fused-ring (bicyclic) bond motifs is 3. The van der Waals surface area contributed by atoms with E-state index in [9.17, 15) is 4.79 Å². The molecule has 0 bridgehead atoms. The van der Waals surface area contributed by atoms with Crippen LogP contribution in [0.3, 0.4) is 0 Å². The normalized spacial score (nSPS) is 10.6. The maximum atomic E-state index is 9.88. The monoisotopic (exact) mass is 269 g/mol. The lowest BCUT2D eigenvalue weighted by molar-refractivity contribution is -0.114. The molecule has 2 nitrogen and oxygen atoms in total. The van der Waals surface area contributed by atoms with Crippen LogP contribution in [0.4, 0.5) is 0 Å². The molecular formula is C16H15NOS. The van der Waals surface area contributed by atoms with Crippen LogP contribution in [0.1, 0.15) is 11.1 Å². The molecule has 1 amide bonds. The zero-order valence-corrected chi connectivity index (χ0v) is 11.4. The van der Waals surface area contributed by atoms with Crippen molar-refractivity contribution < 1.29 is 4.79 Å². The van der Waals surface area contributed by atoms with Crippen molar-refractivity contribution in [3.8, 4) is 11.1 Å². The molecule has 3 heteroatoms. The maximum absolute atomic E-state index is 9.88. The van der Waals surface area contributed by atoms with Crippen molar-refractivity contribution >= 4 is 18.7 Å². The highest BCUT2D eigenvalue weighted by Gasteiger charge is 2.15. The maximum Gasteiger partial charge on any atom is 0.253 e. The summed E-state index contributed by atoms with van der Waals surface area (Å²) in [5, 5.41) is 0. The van der Waals surface area contributed by atoms with Crippen LogP contribution in [0.15, 0.2) is 61.2 Å². The number of benzene rings is 2. The molecule has 0 unspecified atom stereocenters. The van der Waals surface area contributed by atoms with Crippen molar-refractivity contribution in [3.63, 3.8) is 0 Å². The molecule has 0 spiro atoms. The predicted molar refractivity (Wildman–Crippen MR) is 82.0 cm³/mol. The number of hydrogen-bond acceptors (Lipinski definition) is 2. The molecule has 2 aromatic rings. The second-order valence-electron chi connectivity index (χ2n) is 4.17. The molecule has 0 radical (unpaired) electrons. The summed E-state index contributed by atoms with van der Waals surface area (Å²) in [6, 6.07) is 17.3. The number of rotatable bonds is 1. The topological polar surface area (TPSA) is 29.1 Å². The fourth-order valence-electron chi connectivity index (χ4n) is 2.13. The summed E-state index contributed by atoms with van der Waals surface area (Å²) in [6.07, 6.45) is 2.25. The van der Waals surface area contributed by atoms with Gasteiger partial charge in [0.25, 0.3) is 5.91 Å². The van der Waals surface area contributed by atoms with Crippen molar-refractivity contribution in [2.75, 3.05) is 0 Å². The van der Waals surface area contributed by atoms with Gasteiger partial charge in [-0.15, -0.1) is 0 Å². The molecule has 0 aromatic heterocycles. The SMILES string of the molecule is C=CC(=O)NS.c1ccc2c(c1)Cc1ccccc1-2. The van der Waals surface area contributed by atoms with Crippen LogP contribution in [0.2, 0.25) is 0 Å². The fourth-order valence-corrected chi connectivity index (χ4v) is 2.22. The Kier molecular flexibility index (Phi) is 4.42. The Balaban J connectivity index is 0.000000192. The van der Waals surface area contributed by atoms with Gasteiger partial charge in [0.1, 0.15) is 0 Å². The third kappa shape index (κ3) is 3.06. The van der Waals surface area contributed by atoms with E-state index in [0.717, 1.165) is 12.5 Å². The summed E-state index contributed by atoms with van der Waals surface area (Å²) in [4.78, 5) is 9.88. The van der Waals surface area contributed by atoms with Gasteiger partial charge < -0.3 is 0 Å². The lowest BCUT2D eigenvalue weighted by Crippen LogP contribution is -2.06.